The SMILES string of the molecule is CSc1ccc([C@H]2CC3(C)C(CC[C@@]3(O)C(F)(F)C(F)(F)F)C3CC[C@@]4(O)CC5(CCC4=C32)OCC(C)(C)CO5)cc1. The molecule has 1 aromatic rings. The largest absolute Gasteiger partial charge is 0.456 e. The molecule has 3 unspecified atom stereocenters. The van der Waals surface area contributed by atoms with Crippen molar-refractivity contribution in [1.29, 1.82) is 0 Å². The first-order valence-corrected chi connectivity index (χ1v) is 16.2. The van der Waals surface area contributed by atoms with Gasteiger partial charge in [0.2, 0.25) is 0 Å². The number of hydrogen-bond acceptors (Lipinski definition) is 5. The molecule has 1 spiro atoms. The third kappa shape index (κ3) is 4.36. The van der Waals surface area contributed by atoms with Gasteiger partial charge in [-0.25, -0.2) is 0 Å². The highest BCUT2D eigenvalue weighted by Crippen LogP contribution is 2.71. The van der Waals surface area contributed by atoms with Gasteiger partial charge in [0, 0.05) is 34.5 Å². The normalized spacial score (nSPS) is 39.5. The van der Waals surface area contributed by atoms with Crippen LogP contribution in [0.2, 0.25) is 0 Å². The van der Waals surface area contributed by atoms with Gasteiger partial charge < -0.3 is 19.7 Å². The molecular formula is C32H41F5O4S. The van der Waals surface area contributed by atoms with E-state index in [0.29, 0.717) is 38.9 Å². The van der Waals surface area contributed by atoms with Gasteiger partial charge in [-0.1, -0.05) is 38.5 Å². The zero-order chi connectivity index (χ0) is 30.6. The Hall–Kier alpha value is -1.20. The lowest BCUT2D eigenvalue weighted by Gasteiger charge is -2.59. The molecule has 1 aliphatic heterocycles. The lowest BCUT2D eigenvalue weighted by Crippen LogP contribution is -2.65. The number of alkyl halides is 5. The molecule has 4 fully saturated rings. The summed E-state index contributed by atoms with van der Waals surface area (Å²) in [6.45, 7) is 6.58. The number of hydrogen-bond donors (Lipinski definition) is 2. The Kier molecular flexibility index (Phi) is 7.08. The smallest absolute Gasteiger partial charge is 0.385 e. The maximum absolute atomic E-state index is 15.2. The number of benzene rings is 1. The highest BCUT2D eigenvalue weighted by Gasteiger charge is 2.79. The standard InChI is InChI=1S/C32H41F5O4S/c1-26(2)17-40-29(41-18-26)13-10-24-25-21(9-12-28(24,38)16-29)23-11-14-30(39,31(33,34)32(35,36)37)27(23,3)15-22(25)19-5-7-20(42-4)8-6-19/h5-8,21-23,38-39H,9-18H2,1-4H3/t21?,22-,23?,27?,28-,30+/m1/s1. The molecular weight excluding hydrogens is 575 g/mol. The first kappa shape index (κ1) is 30.8. The maximum atomic E-state index is 15.2. The molecule has 42 heavy (non-hydrogen) atoms. The van der Waals surface area contributed by atoms with Crippen LogP contribution in [0.5, 0.6) is 0 Å². The molecule has 1 saturated heterocycles. The second-order valence-corrected chi connectivity index (χ2v) is 15.3. The van der Waals surface area contributed by atoms with E-state index < -0.39 is 52.8 Å². The van der Waals surface area contributed by atoms with Crippen LogP contribution in [-0.2, 0) is 9.47 Å². The van der Waals surface area contributed by atoms with E-state index in [9.17, 15) is 23.4 Å². The first-order chi connectivity index (χ1) is 19.4. The zero-order valence-electron chi connectivity index (χ0n) is 24.6. The molecule has 10 heteroatoms. The van der Waals surface area contributed by atoms with Gasteiger partial charge in [0.15, 0.2) is 5.79 Å². The molecule has 6 atom stereocenters. The van der Waals surface area contributed by atoms with Gasteiger partial charge in [-0.15, -0.1) is 11.8 Å². The van der Waals surface area contributed by atoms with Crippen LogP contribution in [-0.4, -0.2) is 58.8 Å². The summed E-state index contributed by atoms with van der Waals surface area (Å²) in [4.78, 5) is 1.00. The van der Waals surface area contributed by atoms with Gasteiger partial charge in [0.1, 0.15) is 5.60 Å². The van der Waals surface area contributed by atoms with Crippen molar-refractivity contribution in [2.45, 2.75) is 112 Å². The van der Waals surface area contributed by atoms with Crippen molar-refractivity contribution < 1.29 is 41.6 Å². The van der Waals surface area contributed by atoms with Crippen LogP contribution in [0.1, 0.15) is 83.6 Å². The fourth-order valence-electron chi connectivity index (χ4n) is 9.14. The Labute approximate surface area is 248 Å². The molecule has 4 nitrogen and oxygen atoms in total. The van der Waals surface area contributed by atoms with E-state index in [4.69, 9.17) is 9.47 Å². The number of fused-ring (bicyclic) bond motifs is 4. The van der Waals surface area contributed by atoms with Crippen molar-refractivity contribution >= 4 is 11.8 Å². The fourth-order valence-corrected chi connectivity index (χ4v) is 9.55. The highest BCUT2D eigenvalue weighted by atomic mass is 32.2. The Balaban J connectivity index is 1.45. The van der Waals surface area contributed by atoms with E-state index in [-0.39, 0.29) is 30.6 Å². The summed E-state index contributed by atoms with van der Waals surface area (Å²) in [5.41, 5.74) is -3.63. The molecule has 0 radical (unpaired) electrons. The molecule has 234 valence electrons. The van der Waals surface area contributed by atoms with Crippen LogP contribution < -0.4 is 0 Å². The summed E-state index contributed by atoms with van der Waals surface area (Å²) < 4.78 is 84.4. The minimum absolute atomic E-state index is 0.0593. The van der Waals surface area contributed by atoms with Crippen molar-refractivity contribution in [2.24, 2.45) is 22.7 Å². The van der Waals surface area contributed by atoms with Gasteiger partial charge in [-0.05, 0) is 79.9 Å². The summed E-state index contributed by atoms with van der Waals surface area (Å²) in [7, 11) is 0. The highest BCUT2D eigenvalue weighted by molar-refractivity contribution is 7.98. The van der Waals surface area contributed by atoms with E-state index in [1.165, 1.54) is 6.92 Å². The molecule has 2 N–H and O–H groups in total. The third-order valence-corrected chi connectivity index (χ3v) is 12.2. The predicted molar refractivity (Wildman–Crippen MR) is 149 cm³/mol. The Bertz CT molecular complexity index is 1250. The fraction of sp³-hybridized carbons (Fsp3) is 0.750. The van der Waals surface area contributed by atoms with Crippen molar-refractivity contribution in [1.82, 2.24) is 0 Å². The first-order valence-electron chi connectivity index (χ1n) is 15.0. The monoisotopic (exact) mass is 616 g/mol. The Morgan fingerprint density at radius 1 is 0.905 bits per heavy atom. The van der Waals surface area contributed by atoms with E-state index >= 15 is 8.78 Å². The molecule has 0 bridgehead atoms. The van der Waals surface area contributed by atoms with Gasteiger partial charge >= 0.3 is 12.1 Å². The summed E-state index contributed by atoms with van der Waals surface area (Å²) >= 11 is 1.55. The van der Waals surface area contributed by atoms with E-state index in [2.05, 4.69) is 13.8 Å². The molecule has 1 aromatic carbocycles. The zero-order valence-corrected chi connectivity index (χ0v) is 25.4. The second-order valence-electron chi connectivity index (χ2n) is 14.5. The van der Waals surface area contributed by atoms with Crippen molar-refractivity contribution in [3.63, 3.8) is 0 Å². The number of allylic oxidation sites excluding steroid dienone is 1. The number of thioether (sulfide) groups is 1. The topological polar surface area (TPSA) is 58.9 Å². The van der Waals surface area contributed by atoms with Gasteiger partial charge in [0.05, 0.1) is 18.8 Å². The quantitative estimate of drug-likeness (QED) is 0.208. The van der Waals surface area contributed by atoms with Crippen LogP contribution in [0.3, 0.4) is 0 Å². The number of rotatable bonds is 3. The van der Waals surface area contributed by atoms with Crippen LogP contribution in [0.25, 0.3) is 0 Å². The molecule has 1 heterocycles. The number of ether oxygens (including phenoxy) is 2. The number of aliphatic hydroxyl groups is 2. The molecule has 6 rings (SSSR count). The minimum atomic E-state index is -5.87. The number of halogens is 5. The van der Waals surface area contributed by atoms with Crippen LogP contribution >= 0.6 is 11.8 Å². The average Bonchev–Trinajstić information content (AvgIpc) is 3.20. The molecule has 5 aliphatic rings. The van der Waals surface area contributed by atoms with Crippen molar-refractivity contribution in [3.05, 3.63) is 41.0 Å². The molecule has 4 aliphatic carbocycles. The van der Waals surface area contributed by atoms with Crippen molar-refractivity contribution in [3.8, 4) is 0 Å². The molecule has 3 saturated carbocycles. The third-order valence-electron chi connectivity index (χ3n) is 11.4. The molecule has 0 aromatic heterocycles. The van der Waals surface area contributed by atoms with Crippen LogP contribution in [0.4, 0.5) is 22.0 Å². The van der Waals surface area contributed by atoms with Crippen molar-refractivity contribution in [2.75, 3.05) is 19.5 Å². The van der Waals surface area contributed by atoms with Gasteiger partial charge in [0.25, 0.3) is 0 Å². The Morgan fingerprint density at radius 3 is 2.14 bits per heavy atom. The Morgan fingerprint density at radius 2 is 1.55 bits per heavy atom. The summed E-state index contributed by atoms with van der Waals surface area (Å²) in [6.07, 6.45) is -2.47. The summed E-state index contributed by atoms with van der Waals surface area (Å²) in [5, 5.41) is 23.7. The van der Waals surface area contributed by atoms with Gasteiger partial charge in [-0.2, -0.15) is 22.0 Å². The van der Waals surface area contributed by atoms with Crippen LogP contribution in [0, 0.1) is 22.7 Å². The van der Waals surface area contributed by atoms with E-state index in [1.807, 2.05) is 30.5 Å². The lowest BCUT2D eigenvalue weighted by atomic mass is 9.49. The van der Waals surface area contributed by atoms with Gasteiger partial charge in [-0.3, -0.25) is 0 Å². The predicted octanol–water partition coefficient (Wildman–Crippen LogP) is 7.63. The summed E-state index contributed by atoms with van der Waals surface area (Å²) in [5.74, 6) is -7.55. The maximum Gasteiger partial charge on any atom is 0.456 e. The van der Waals surface area contributed by atoms with E-state index in [1.54, 1.807) is 11.8 Å². The van der Waals surface area contributed by atoms with Crippen LogP contribution in [0.15, 0.2) is 40.3 Å². The van der Waals surface area contributed by atoms with E-state index in [0.717, 1.165) is 21.6 Å². The minimum Gasteiger partial charge on any atom is -0.385 e. The second kappa shape index (κ2) is 9.65. The average molecular weight is 617 g/mol. The summed E-state index contributed by atoms with van der Waals surface area (Å²) in [6, 6.07) is 7.68. The molecule has 0 amide bonds. The lowest BCUT2D eigenvalue weighted by molar-refractivity contribution is -0.362.